The molecule has 0 bridgehead atoms. The lowest BCUT2D eigenvalue weighted by Crippen LogP contribution is -2.28. The van der Waals surface area contributed by atoms with Crippen LogP contribution in [0.4, 0.5) is 13.2 Å². The predicted octanol–water partition coefficient (Wildman–Crippen LogP) is 5.01. The van der Waals surface area contributed by atoms with Gasteiger partial charge >= 0.3 is 12.1 Å². The quantitative estimate of drug-likeness (QED) is 0.416. The molecule has 0 radical (unpaired) electrons. The summed E-state index contributed by atoms with van der Waals surface area (Å²) in [5.74, 6) is -2.08. The maximum atomic E-state index is 11.9. The number of hydrogen-bond acceptors (Lipinski definition) is 2. The van der Waals surface area contributed by atoms with E-state index >= 15 is 0 Å². The molecule has 0 saturated carbocycles. The van der Waals surface area contributed by atoms with E-state index in [-0.39, 0.29) is 0 Å². The summed E-state index contributed by atoms with van der Waals surface area (Å²) in [5, 5.41) is 0. The Morgan fingerprint density at radius 3 is 1.95 bits per heavy atom. The third kappa shape index (κ3) is 10.8. The van der Waals surface area contributed by atoms with Crippen molar-refractivity contribution in [1.29, 1.82) is 0 Å². The van der Waals surface area contributed by atoms with Crippen LogP contribution in [0, 0.1) is 0 Å². The molecule has 2 nitrogen and oxygen atoms in total. The first-order valence-electron chi connectivity index (χ1n) is 7.15. The molecule has 5 heteroatoms. The standard InChI is InChI=1S/C14H25F3O2/c1-3-4-5-6-7-8-9-10-11-12(2)19-13(18)14(15,16)17/h12H,3-11H2,1-2H3. The fourth-order valence-electron chi connectivity index (χ4n) is 1.87. The molecule has 0 fully saturated rings. The lowest BCUT2D eigenvalue weighted by Gasteiger charge is -2.14. The molecule has 0 aliphatic heterocycles. The summed E-state index contributed by atoms with van der Waals surface area (Å²) < 4.78 is 40.1. The zero-order valence-corrected chi connectivity index (χ0v) is 11.9. The van der Waals surface area contributed by atoms with E-state index in [4.69, 9.17) is 0 Å². The average molecular weight is 282 g/mol. The van der Waals surface area contributed by atoms with Gasteiger partial charge in [-0.2, -0.15) is 13.2 Å². The molecule has 0 amide bonds. The first-order chi connectivity index (χ1) is 8.88. The van der Waals surface area contributed by atoms with E-state index in [9.17, 15) is 18.0 Å². The lowest BCUT2D eigenvalue weighted by atomic mass is 10.1. The van der Waals surface area contributed by atoms with Crippen molar-refractivity contribution >= 4 is 5.97 Å². The molecule has 1 atom stereocenters. The number of carbonyl (C=O) groups excluding carboxylic acids is 1. The summed E-state index contributed by atoms with van der Waals surface area (Å²) in [6, 6.07) is 0. The number of ether oxygens (including phenoxy) is 1. The Hall–Kier alpha value is -0.740. The number of rotatable bonds is 10. The van der Waals surface area contributed by atoms with Gasteiger partial charge in [-0.3, -0.25) is 0 Å². The Morgan fingerprint density at radius 1 is 1.00 bits per heavy atom. The van der Waals surface area contributed by atoms with Gasteiger partial charge in [-0.15, -0.1) is 0 Å². The summed E-state index contributed by atoms with van der Waals surface area (Å²) in [7, 11) is 0. The Balaban J connectivity index is 3.44. The number of hydrogen-bond donors (Lipinski definition) is 0. The van der Waals surface area contributed by atoms with Gasteiger partial charge in [-0.1, -0.05) is 51.9 Å². The third-order valence-electron chi connectivity index (χ3n) is 3.00. The highest BCUT2D eigenvalue weighted by atomic mass is 19.4. The van der Waals surface area contributed by atoms with Crippen molar-refractivity contribution in [2.75, 3.05) is 0 Å². The van der Waals surface area contributed by atoms with Crippen LogP contribution >= 0.6 is 0 Å². The van der Waals surface area contributed by atoms with Gasteiger partial charge in [0.25, 0.3) is 0 Å². The van der Waals surface area contributed by atoms with Gasteiger partial charge < -0.3 is 4.74 Å². The summed E-state index contributed by atoms with van der Waals surface area (Å²) in [6.07, 6.45) is 4.01. The first kappa shape index (κ1) is 18.3. The predicted molar refractivity (Wildman–Crippen MR) is 68.8 cm³/mol. The van der Waals surface area contributed by atoms with Crippen molar-refractivity contribution in [2.45, 2.75) is 83.9 Å². The van der Waals surface area contributed by atoms with Crippen LogP contribution in [0.1, 0.15) is 71.6 Å². The second kappa shape index (κ2) is 10.1. The molecular formula is C14H25F3O2. The number of esters is 1. The number of carbonyl (C=O) groups is 1. The molecule has 114 valence electrons. The highest BCUT2D eigenvalue weighted by Gasteiger charge is 2.41. The molecule has 0 aromatic rings. The van der Waals surface area contributed by atoms with Gasteiger partial charge in [0.2, 0.25) is 0 Å². The summed E-state index contributed by atoms with van der Waals surface area (Å²) in [6.45, 7) is 3.68. The van der Waals surface area contributed by atoms with Crippen molar-refractivity contribution in [2.24, 2.45) is 0 Å². The van der Waals surface area contributed by atoms with Gasteiger partial charge in [0.05, 0.1) is 6.10 Å². The van der Waals surface area contributed by atoms with Gasteiger partial charge in [0.15, 0.2) is 0 Å². The van der Waals surface area contributed by atoms with Crippen LogP contribution in [0.15, 0.2) is 0 Å². The first-order valence-corrected chi connectivity index (χ1v) is 7.15. The zero-order chi connectivity index (χ0) is 14.7. The summed E-state index contributed by atoms with van der Waals surface area (Å²) in [5.41, 5.74) is 0. The van der Waals surface area contributed by atoms with Crippen LogP contribution < -0.4 is 0 Å². The molecule has 0 aromatic carbocycles. The Kier molecular flexibility index (Phi) is 9.70. The van der Waals surface area contributed by atoms with Gasteiger partial charge in [0, 0.05) is 0 Å². The molecule has 0 aliphatic carbocycles. The second-order valence-corrected chi connectivity index (χ2v) is 4.98. The Labute approximate surface area is 113 Å². The van der Waals surface area contributed by atoms with Gasteiger partial charge in [-0.25, -0.2) is 4.79 Å². The molecule has 0 saturated heterocycles. The highest BCUT2D eigenvalue weighted by molar-refractivity contribution is 5.75. The zero-order valence-electron chi connectivity index (χ0n) is 11.9. The molecule has 0 N–H and O–H groups in total. The van der Waals surface area contributed by atoms with Crippen LogP contribution in [-0.2, 0) is 9.53 Å². The minimum absolute atomic E-state index is 0.497. The van der Waals surface area contributed by atoms with Crippen molar-refractivity contribution in [3.8, 4) is 0 Å². The van der Waals surface area contributed by atoms with Crippen LogP contribution in [0.2, 0.25) is 0 Å². The van der Waals surface area contributed by atoms with Crippen LogP contribution in [0.25, 0.3) is 0 Å². The van der Waals surface area contributed by atoms with E-state index in [1.807, 2.05) is 0 Å². The van der Waals surface area contributed by atoms with E-state index in [1.54, 1.807) is 0 Å². The molecule has 0 aromatic heterocycles. The summed E-state index contributed by atoms with van der Waals surface area (Å²) in [4.78, 5) is 10.6. The van der Waals surface area contributed by atoms with Gasteiger partial charge in [0.1, 0.15) is 0 Å². The molecule has 0 heterocycles. The number of halogens is 3. The number of unbranched alkanes of at least 4 members (excludes halogenated alkanes) is 7. The molecule has 0 rings (SSSR count). The topological polar surface area (TPSA) is 26.3 Å². The summed E-state index contributed by atoms with van der Waals surface area (Å²) >= 11 is 0. The lowest BCUT2D eigenvalue weighted by molar-refractivity contribution is -0.204. The molecule has 19 heavy (non-hydrogen) atoms. The average Bonchev–Trinajstić information content (AvgIpc) is 2.31. The molecule has 1 unspecified atom stereocenters. The van der Waals surface area contributed by atoms with E-state index < -0.39 is 18.2 Å². The van der Waals surface area contributed by atoms with E-state index in [1.165, 1.54) is 39.0 Å². The fourth-order valence-corrected chi connectivity index (χ4v) is 1.87. The van der Waals surface area contributed by atoms with E-state index in [0.29, 0.717) is 6.42 Å². The molecular weight excluding hydrogens is 257 g/mol. The monoisotopic (exact) mass is 282 g/mol. The smallest absolute Gasteiger partial charge is 0.456 e. The SMILES string of the molecule is CCCCCCCCCCC(C)OC(=O)C(F)(F)F. The Morgan fingerprint density at radius 2 is 1.47 bits per heavy atom. The van der Waals surface area contributed by atoms with Crippen molar-refractivity contribution < 1.29 is 22.7 Å². The second-order valence-electron chi connectivity index (χ2n) is 4.98. The molecule has 0 spiro atoms. The largest absolute Gasteiger partial charge is 0.490 e. The van der Waals surface area contributed by atoms with Crippen LogP contribution in [0.5, 0.6) is 0 Å². The normalized spacial score (nSPS) is 13.3. The minimum Gasteiger partial charge on any atom is -0.456 e. The van der Waals surface area contributed by atoms with Crippen molar-refractivity contribution in [3.63, 3.8) is 0 Å². The highest BCUT2D eigenvalue weighted by Crippen LogP contribution is 2.19. The maximum absolute atomic E-state index is 11.9. The fraction of sp³-hybridized carbons (Fsp3) is 0.929. The van der Waals surface area contributed by atoms with Crippen LogP contribution in [-0.4, -0.2) is 18.2 Å². The van der Waals surface area contributed by atoms with Gasteiger partial charge in [-0.05, 0) is 19.8 Å². The van der Waals surface area contributed by atoms with E-state index in [0.717, 1.165) is 19.3 Å². The maximum Gasteiger partial charge on any atom is 0.490 e. The van der Waals surface area contributed by atoms with E-state index in [2.05, 4.69) is 11.7 Å². The Bertz CT molecular complexity index is 239. The molecule has 0 aliphatic rings. The number of alkyl halides is 3. The minimum atomic E-state index is -4.88. The van der Waals surface area contributed by atoms with Crippen molar-refractivity contribution in [1.82, 2.24) is 0 Å². The third-order valence-corrected chi connectivity index (χ3v) is 3.00. The van der Waals surface area contributed by atoms with Crippen LogP contribution in [0.3, 0.4) is 0 Å². The van der Waals surface area contributed by atoms with Crippen molar-refractivity contribution in [3.05, 3.63) is 0 Å².